The molecule has 0 saturated heterocycles. The summed E-state index contributed by atoms with van der Waals surface area (Å²) in [6, 6.07) is 10.1. The van der Waals surface area contributed by atoms with Gasteiger partial charge < -0.3 is 5.32 Å². The number of carbonyl (C=O) groups excluding carboxylic acids is 3. The maximum absolute atomic E-state index is 13.3. The number of nitrogens with one attached hydrogen (secondary N) is 2. The highest BCUT2D eigenvalue weighted by atomic mass is 16.2. The first-order chi connectivity index (χ1) is 14.5. The number of aromatic nitrogens is 4. The Balaban J connectivity index is 1.62. The summed E-state index contributed by atoms with van der Waals surface area (Å²) >= 11 is 0. The first-order valence-corrected chi connectivity index (χ1v) is 9.08. The van der Waals surface area contributed by atoms with E-state index in [1.807, 2.05) is 0 Å². The number of hydrogen-bond acceptors (Lipinski definition) is 6. The minimum Gasteiger partial charge on any atom is -0.326 e. The highest BCUT2D eigenvalue weighted by Crippen LogP contribution is 2.36. The fourth-order valence-electron chi connectivity index (χ4n) is 3.56. The number of anilines is 2. The first kappa shape index (κ1) is 17.7. The number of hydrogen-bond donors (Lipinski definition) is 2. The molecule has 0 atom stereocenters. The van der Waals surface area contributed by atoms with E-state index in [1.54, 1.807) is 48.8 Å². The van der Waals surface area contributed by atoms with Crippen LogP contribution in [0, 0.1) is 0 Å². The normalized spacial score (nSPS) is 13.0. The predicted octanol–water partition coefficient (Wildman–Crippen LogP) is 2.78. The van der Waals surface area contributed by atoms with Crippen LogP contribution in [0.2, 0.25) is 0 Å². The fraction of sp³-hybridized carbons (Fsp3) is 0.0476. The molecule has 30 heavy (non-hydrogen) atoms. The second-order valence-corrected chi connectivity index (χ2v) is 6.75. The monoisotopic (exact) mass is 398 g/mol. The minimum absolute atomic E-state index is 0.208. The number of carbonyl (C=O) groups is 3. The zero-order valence-electron chi connectivity index (χ0n) is 15.7. The van der Waals surface area contributed by atoms with Crippen molar-refractivity contribution in [2.75, 3.05) is 10.2 Å². The number of nitrogens with zero attached hydrogens (tertiary/aromatic N) is 4. The highest BCUT2D eigenvalue weighted by Gasteiger charge is 2.40. The van der Waals surface area contributed by atoms with E-state index in [-0.39, 0.29) is 17.0 Å². The summed E-state index contributed by atoms with van der Waals surface area (Å²) in [6.45, 7) is 1.40. The molecule has 5 rings (SSSR count). The van der Waals surface area contributed by atoms with Crippen molar-refractivity contribution in [3.05, 3.63) is 66.1 Å². The largest absolute Gasteiger partial charge is 0.326 e. The van der Waals surface area contributed by atoms with E-state index in [0.29, 0.717) is 28.1 Å². The van der Waals surface area contributed by atoms with Crippen molar-refractivity contribution in [1.29, 1.82) is 0 Å². The molecule has 0 fully saturated rings. The van der Waals surface area contributed by atoms with Crippen molar-refractivity contribution in [2.45, 2.75) is 6.92 Å². The number of fused-ring (bicyclic) bond motifs is 3. The molecule has 0 aliphatic carbocycles. The third kappa shape index (κ3) is 2.64. The number of imide groups is 1. The van der Waals surface area contributed by atoms with Gasteiger partial charge in [0.15, 0.2) is 5.65 Å². The molecular formula is C21H14N6O3. The van der Waals surface area contributed by atoms with Crippen LogP contribution in [-0.4, -0.2) is 37.9 Å². The fourth-order valence-corrected chi connectivity index (χ4v) is 3.56. The number of aromatic amines is 1. The third-order valence-corrected chi connectivity index (χ3v) is 4.85. The van der Waals surface area contributed by atoms with E-state index in [1.165, 1.54) is 13.1 Å². The van der Waals surface area contributed by atoms with E-state index < -0.39 is 11.8 Å². The molecule has 3 aromatic heterocycles. The van der Waals surface area contributed by atoms with Crippen molar-refractivity contribution in [2.24, 2.45) is 0 Å². The van der Waals surface area contributed by atoms with Crippen LogP contribution in [0.1, 0.15) is 27.6 Å². The molecule has 0 spiro atoms. The Labute approximate surface area is 169 Å². The average Bonchev–Trinajstić information content (AvgIpc) is 3.28. The Morgan fingerprint density at radius 3 is 2.47 bits per heavy atom. The van der Waals surface area contributed by atoms with Gasteiger partial charge in [0.2, 0.25) is 5.91 Å². The molecule has 4 heterocycles. The highest BCUT2D eigenvalue weighted by molar-refractivity contribution is 6.38. The summed E-state index contributed by atoms with van der Waals surface area (Å²) in [4.78, 5) is 46.9. The molecule has 0 saturated carbocycles. The van der Waals surface area contributed by atoms with Crippen molar-refractivity contribution >= 4 is 40.1 Å². The smallest absolute Gasteiger partial charge is 0.267 e. The van der Waals surface area contributed by atoms with Crippen molar-refractivity contribution < 1.29 is 14.4 Å². The first-order valence-electron chi connectivity index (χ1n) is 9.08. The van der Waals surface area contributed by atoms with Gasteiger partial charge >= 0.3 is 0 Å². The van der Waals surface area contributed by atoms with Gasteiger partial charge in [0.1, 0.15) is 0 Å². The van der Waals surface area contributed by atoms with Gasteiger partial charge in [-0.05, 0) is 36.4 Å². The van der Waals surface area contributed by atoms with Crippen LogP contribution in [0.25, 0.3) is 22.3 Å². The third-order valence-electron chi connectivity index (χ3n) is 4.85. The summed E-state index contributed by atoms with van der Waals surface area (Å²) in [7, 11) is 0. The van der Waals surface area contributed by atoms with Gasteiger partial charge in [0.25, 0.3) is 11.8 Å². The predicted molar refractivity (Wildman–Crippen MR) is 109 cm³/mol. The van der Waals surface area contributed by atoms with Crippen LogP contribution in [0.15, 0.2) is 55.0 Å². The molecule has 1 aromatic carbocycles. The summed E-state index contributed by atoms with van der Waals surface area (Å²) in [5, 5.41) is 10.3. The Morgan fingerprint density at radius 2 is 1.77 bits per heavy atom. The van der Waals surface area contributed by atoms with E-state index in [0.717, 1.165) is 10.5 Å². The lowest BCUT2D eigenvalue weighted by atomic mass is 10.0. The van der Waals surface area contributed by atoms with E-state index in [9.17, 15) is 14.4 Å². The van der Waals surface area contributed by atoms with Crippen molar-refractivity contribution in [1.82, 2.24) is 20.2 Å². The van der Waals surface area contributed by atoms with Crippen LogP contribution >= 0.6 is 0 Å². The quantitative estimate of drug-likeness (QED) is 0.512. The zero-order chi connectivity index (χ0) is 20.8. The van der Waals surface area contributed by atoms with Gasteiger partial charge in [-0.1, -0.05) is 0 Å². The number of H-pyrrole nitrogens is 1. The minimum atomic E-state index is -0.460. The number of benzene rings is 1. The average molecular weight is 398 g/mol. The molecule has 146 valence electrons. The van der Waals surface area contributed by atoms with Crippen molar-refractivity contribution in [3.8, 4) is 11.3 Å². The SMILES string of the molecule is CC(=O)Nc1ccc(N2C(=O)c3cnc4n[nH]c(-c5ccncc5)c4c3C2=O)cc1. The Morgan fingerprint density at radius 1 is 1.03 bits per heavy atom. The summed E-state index contributed by atoms with van der Waals surface area (Å²) < 4.78 is 0. The van der Waals surface area contributed by atoms with Gasteiger partial charge in [-0.2, -0.15) is 5.10 Å². The van der Waals surface area contributed by atoms with E-state index in [2.05, 4.69) is 25.5 Å². The summed E-state index contributed by atoms with van der Waals surface area (Å²) in [6.07, 6.45) is 4.64. The lowest BCUT2D eigenvalue weighted by Gasteiger charge is -2.14. The molecule has 4 aromatic rings. The topological polar surface area (TPSA) is 121 Å². The van der Waals surface area contributed by atoms with Crippen LogP contribution in [-0.2, 0) is 4.79 Å². The Hall–Kier alpha value is -4.40. The lowest BCUT2D eigenvalue weighted by molar-refractivity contribution is -0.114. The van der Waals surface area contributed by atoms with Crippen LogP contribution < -0.4 is 10.2 Å². The maximum atomic E-state index is 13.3. The summed E-state index contributed by atoms with van der Waals surface area (Å²) in [5.41, 5.74) is 3.18. The molecule has 0 unspecified atom stereocenters. The maximum Gasteiger partial charge on any atom is 0.267 e. The molecule has 1 aliphatic heterocycles. The van der Waals surface area contributed by atoms with Gasteiger partial charge in [-0.25, -0.2) is 9.88 Å². The van der Waals surface area contributed by atoms with E-state index in [4.69, 9.17) is 0 Å². The Kier molecular flexibility index (Phi) is 3.88. The molecule has 0 bridgehead atoms. The number of pyridine rings is 2. The van der Waals surface area contributed by atoms with Crippen molar-refractivity contribution in [3.63, 3.8) is 0 Å². The number of amides is 3. The molecule has 1 aliphatic rings. The van der Waals surface area contributed by atoms with Gasteiger partial charge in [0.05, 0.1) is 27.9 Å². The van der Waals surface area contributed by atoms with Gasteiger partial charge in [-0.3, -0.25) is 24.5 Å². The van der Waals surface area contributed by atoms with Crippen LogP contribution in [0.3, 0.4) is 0 Å². The van der Waals surface area contributed by atoms with Crippen LogP contribution in [0.4, 0.5) is 11.4 Å². The Bertz CT molecular complexity index is 1330. The standard InChI is InChI=1S/C21H14N6O3/c1-11(28)24-13-2-4-14(5-3-13)27-20(29)15-10-23-19-17(16(15)21(27)30)18(25-26-19)12-6-8-22-9-7-12/h2-10H,1H3,(H,24,28)(H,23,25,26). The molecule has 2 N–H and O–H groups in total. The lowest BCUT2D eigenvalue weighted by Crippen LogP contribution is -2.29. The van der Waals surface area contributed by atoms with Gasteiger partial charge in [0, 0.05) is 36.8 Å². The summed E-state index contributed by atoms with van der Waals surface area (Å²) in [5.74, 6) is -1.12. The molecule has 9 heteroatoms. The second kappa shape index (κ2) is 6.59. The second-order valence-electron chi connectivity index (χ2n) is 6.75. The molecule has 9 nitrogen and oxygen atoms in total. The van der Waals surface area contributed by atoms with E-state index >= 15 is 0 Å². The van der Waals surface area contributed by atoms with Gasteiger partial charge in [-0.15, -0.1) is 0 Å². The zero-order valence-corrected chi connectivity index (χ0v) is 15.7. The van der Waals surface area contributed by atoms with Crippen LogP contribution in [0.5, 0.6) is 0 Å². The molecule has 0 radical (unpaired) electrons. The molecule has 3 amide bonds. The number of rotatable bonds is 3. The molecular weight excluding hydrogens is 384 g/mol.